The first-order chi connectivity index (χ1) is 13.5. The molecule has 0 saturated carbocycles. The highest BCUT2D eigenvalue weighted by Gasteiger charge is 2.15. The first kappa shape index (κ1) is 18.8. The molecule has 0 aliphatic rings. The van der Waals surface area contributed by atoms with Crippen LogP contribution in [0.25, 0.3) is 0 Å². The lowest BCUT2D eigenvalue weighted by Crippen LogP contribution is -2.26. The molecule has 2 amide bonds. The number of nitrogens with one attached hydrogen (secondary N) is 1. The quantitative estimate of drug-likeness (QED) is 0.536. The van der Waals surface area contributed by atoms with Crippen LogP contribution in [0.2, 0.25) is 0 Å². The van der Waals surface area contributed by atoms with E-state index in [1.165, 1.54) is 29.2 Å². The number of hydrogen-bond donors (Lipinski definition) is 1. The molecule has 0 radical (unpaired) electrons. The lowest BCUT2D eigenvalue weighted by molar-refractivity contribution is -0.384. The highest BCUT2D eigenvalue weighted by Crippen LogP contribution is 2.18. The molecule has 1 N–H and O–H groups in total. The zero-order valence-corrected chi connectivity index (χ0v) is 15.0. The molecule has 0 aliphatic carbocycles. The predicted molar refractivity (Wildman–Crippen MR) is 107 cm³/mol. The molecule has 0 aliphatic heterocycles. The molecular formula is C21H17N3O4. The van der Waals surface area contributed by atoms with E-state index >= 15 is 0 Å². The van der Waals surface area contributed by atoms with Crippen LogP contribution in [0.1, 0.15) is 20.7 Å². The number of para-hydroxylation sites is 1. The van der Waals surface area contributed by atoms with Crippen molar-refractivity contribution in [2.45, 2.75) is 0 Å². The summed E-state index contributed by atoms with van der Waals surface area (Å²) in [7, 11) is 1.68. The Bertz CT molecular complexity index is 1020. The first-order valence-corrected chi connectivity index (χ1v) is 8.44. The molecule has 7 nitrogen and oxygen atoms in total. The fraction of sp³-hybridized carbons (Fsp3) is 0.0476. The van der Waals surface area contributed by atoms with Crippen LogP contribution in [0.5, 0.6) is 0 Å². The summed E-state index contributed by atoms with van der Waals surface area (Å²) in [5, 5.41) is 13.4. The number of amides is 2. The molecule has 140 valence electrons. The maximum atomic E-state index is 12.7. The zero-order valence-electron chi connectivity index (χ0n) is 15.0. The Morgan fingerprint density at radius 3 is 2.21 bits per heavy atom. The Kier molecular flexibility index (Phi) is 5.45. The summed E-state index contributed by atoms with van der Waals surface area (Å²) < 4.78 is 0. The maximum absolute atomic E-state index is 12.7. The van der Waals surface area contributed by atoms with Gasteiger partial charge in [0.2, 0.25) is 0 Å². The van der Waals surface area contributed by atoms with Crippen LogP contribution >= 0.6 is 0 Å². The largest absolute Gasteiger partial charge is 0.322 e. The van der Waals surface area contributed by atoms with Gasteiger partial charge in [-0.3, -0.25) is 19.7 Å². The van der Waals surface area contributed by atoms with Crippen molar-refractivity contribution in [3.05, 3.63) is 100 Å². The van der Waals surface area contributed by atoms with Gasteiger partial charge in [0, 0.05) is 41.7 Å². The third-order valence-electron chi connectivity index (χ3n) is 4.16. The summed E-state index contributed by atoms with van der Waals surface area (Å²) in [6, 6.07) is 21.1. The number of anilines is 2. The van der Waals surface area contributed by atoms with Crippen molar-refractivity contribution < 1.29 is 14.5 Å². The second-order valence-corrected chi connectivity index (χ2v) is 6.04. The predicted octanol–water partition coefficient (Wildman–Crippen LogP) is 4.12. The zero-order chi connectivity index (χ0) is 20.1. The van der Waals surface area contributed by atoms with Crippen LogP contribution in [0.4, 0.5) is 17.1 Å². The number of nitrogens with zero attached hydrogens (tertiary/aromatic N) is 2. The number of rotatable bonds is 5. The van der Waals surface area contributed by atoms with Gasteiger partial charge in [0.25, 0.3) is 17.5 Å². The van der Waals surface area contributed by atoms with Crippen molar-refractivity contribution in [3.63, 3.8) is 0 Å². The van der Waals surface area contributed by atoms with Crippen molar-refractivity contribution in [1.82, 2.24) is 0 Å². The third-order valence-corrected chi connectivity index (χ3v) is 4.16. The highest BCUT2D eigenvalue weighted by molar-refractivity contribution is 6.08. The van der Waals surface area contributed by atoms with E-state index in [9.17, 15) is 19.7 Å². The van der Waals surface area contributed by atoms with Gasteiger partial charge in [-0.1, -0.05) is 24.3 Å². The lowest BCUT2D eigenvalue weighted by atomic mass is 10.1. The number of carbonyl (C=O) groups is 2. The van der Waals surface area contributed by atoms with Crippen LogP contribution in [0, 0.1) is 10.1 Å². The van der Waals surface area contributed by atoms with Gasteiger partial charge < -0.3 is 10.2 Å². The molecule has 3 aromatic carbocycles. The minimum atomic E-state index is -0.528. The summed E-state index contributed by atoms with van der Waals surface area (Å²) >= 11 is 0. The van der Waals surface area contributed by atoms with Gasteiger partial charge in [0.1, 0.15) is 0 Å². The third kappa shape index (κ3) is 4.21. The summed E-state index contributed by atoms with van der Waals surface area (Å²) in [6.45, 7) is 0. The molecule has 0 unspecified atom stereocenters. The number of nitro benzene ring substituents is 1. The summed E-state index contributed by atoms with van der Waals surface area (Å²) in [5.74, 6) is -0.631. The molecule has 7 heteroatoms. The smallest absolute Gasteiger partial charge is 0.269 e. The van der Waals surface area contributed by atoms with Gasteiger partial charge >= 0.3 is 0 Å². The first-order valence-electron chi connectivity index (χ1n) is 8.44. The van der Waals surface area contributed by atoms with Crippen molar-refractivity contribution in [1.29, 1.82) is 0 Å². The van der Waals surface area contributed by atoms with Crippen LogP contribution in [-0.2, 0) is 0 Å². The highest BCUT2D eigenvalue weighted by atomic mass is 16.6. The van der Waals surface area contributed by atoms with E-state index in [4.69, 9.17) is 0 Å². The van der Waals surface area contributed by atoms with E-state index in [1.54, 1.807) is 31.3 Å². The van der Waals surface area contributed by atoms with E-state index < -0.39 is 10.8 Å². The molecule has 28 heavy (non-hydrogen) atoms. The Balaban J connectivity index is 1.75. The second kappa shape index (κ2) is 8.13. The van der Waals surface area contributed by atoms with E-state index in [0.29, 0.717) is 11.3 Å². The van der Waals surface area contributed by atoms with Gasteiger partial charge in [-0.05, 0) is 42.5 Å². The van der Waals surface area contributed by atoms with Crippen molar-refractivity contribution in [2.75, 3.05) is 17.3 Å². The maximum Gasteiger partial charge on any atom is 0.269 e. The van der Waals surface area contributed by atoms with Crippen LogP contribution in [0.15, 0.2) is 78.9 Å². The van der Waals surface area contributed by atoms with E-state index in [1.807, 2.05) is 30.3 Å². The summed E-state index contributed by atoms with van der Waals surface area (Å²) in [4.78, 5) is 36.8. The average Bonchev–Trinajstić information content (AvgIpc) is 2.73. The molecule has 0 atom stereocenters. The fourth-order valence-electron chi connectivity index (χ4n) is 2.63. The SMILES string of the molecule is CN(C(=O)c1cccc(NC(=O)c2ccc([N+](=O)[O-])cc2)c1)c1ccccc1. The Hall–Kier alpha value is -4.00. The van der Waals surface area contributed by atoms with Crippen LogP contribution < -0.4 is 10.2 Å². The molecule has 0 saturated heterocycles. The molecule has 0 spiro atoms. The van der Waals surface area contributed by atoms with Crippen molar-refractivity contribution >= 4 is 28.9 Å². The van der Waals surface area contributed by atoms with Crippen LogP contribution in [-0.4, -0.2) is 23.8 Å². The Morgan fingerprint density at radius 1 is 0.893 bits per heavy atom. The number of non-ortho nitro benzene ring substituents is 1. The minimum Gasteiger partial charge on any atom is -0.322 e. The Labute approximate surface area is 161 Å². The van der Waals surface area contributed by atoms with E-state index in [0.717, 1.165) is 5.69 Å². The number of hydrogen-bond acceptors (Lipinski definition) is 4. The topological polar surface area (TPSA) is 92.6 Å². The normalized spacial score (nSPS) is 10.2. The fourth-order valence-corrected chi connectivity index (χ4v) is 2.63. The standard InChI is InChI=1S/C21H17N3O4/c1-23(18-8-3-2-4-9-18)21(26)16-6-5-7-17(14-16)22-20(25)15-10-12-19(13-11-15)24(27)28/h2-14H,1H3,(H,22,25). The van der Waals surface area contributed by atoms with Gasteiger partial charge in [-0.15, -0.1) is 0 Å². The van der Waals surface area contributed by atoms with Gasteiger partial charge in [-0.25, -0.2) is 0 Å². The van der Waals surface area contributed by atoms with Gasteiger partial charge in [0.15, 0.2) is 0 Å². The van der Waals surface area contributed by atoms with Crippen molar-refractivity contribution in [2.24, 2.45) is 0 Å². The molecule has 3 rings (SSSR count). The number of nitro groups is 1. The molecule has 0 heterocycles. The second-order valence-electron chi connectivity index (χ2n) is 6.04. The number of carbonyl (C=O) groups excluding carboxylic acids is 2. The molecule has 0 aromatic heterocycles. The molecule has 0 bridgehead atoms. The average molecular weight is 375 g/mol. The molecule has 0 fully saturated rings. The summed E-state index contributed by atoms with van der Waals surface area (Å²) in [5.41, 5.74) is 1.83. The number of benzene rings is 3. The summed E-state index contributed by atoms with van der Waals surface area (Å²) in [6.07, 6.45) is 0. The van der Waals surface area contributed by atoms with E-state index in [2.05, 4.69) is 5.32 Å². The lowest BCUT2D eigenvalue weighted by Gasteiger charge is -2.17. The molecule has 3 aromatic rings. The van der Waals surface area contributed by atoms with Gasteiger partial charge in [-0.2, -0.15) is 0 Å². The van der Waals surface area contributed by atoms with Crippen LogP contribution in [0.3, 0.4) is 0 Å². The Morgan fingerprint density at radius 2 is 1.57 bits per heavy atom. The monoisotopic (exact) mass is 375 g/mol. The van der Waals surface area contributed by atoms with E-state index in [-0.39, 0.29) is 17.2 Å². The van der Waals surface area contributed by atoms with Crippen molar-refractivity contribution in [3.8, 4) is 0 Å². The molecular weight excluding hydrogens is 358 g/mol. The van der Waals surface area contributed by atoms with Gasteiger partial charge in [0.05, 0.1) is 4.92 Å². The minimum absolute atomic E-state index is 0.0897.